The molecule has 1 saturated heterocycles. The van der Waals surface area contributed by atoms with Crippen LogP contribution in [0.4, 0.5) is 0 Å². The molecule has 0 saturated carbocycles. The van der Waals surface area contributed by atoms with Crippen molar-refractivity contribution in [3.05, 3.63) is 0 Å². The summed E-state index contributed by atoms with van der Waals surface area (Å²) in [6, 6.07) is 2.14. The van der Waals surface area contributed by atoms with Gasteiger partial charge in [0.2, 0.25) is 5.91 Å². The van der Waals surface area contributed by atoms with Gasteiger partial charge in [0.15, 0.2) is 0 Å². The molecule has 1 heterocycles. The number of ether oxygens (including phenoxy) is 1. The van der Waals surface area contributed by atoms with Crippen LogP contribution in [0.15, 0.2) is 0 Å². The lowest BCUT2D eigenvalue weighted by molar-refractivity contribution is -0.124. The second-order valence-corrected chi connectivity index (χ2v) is 4.67. The third-order valence-electron chi connectivity index (χ3n) is 2.45. The molecule has 1 rings (SSSR count). The van der Waals surface area contributed by atoms with Crippen LogP contribution in [0.5, 0.6) is 0 Å². The van der Waals surface area contributed by atoms with Gasteiger partial charge >= 0.3 is 0 Å². The van der Waals surface area contributed by atoms with E-state index >= 15 is 0 Å². The molecule has 5 nitrogen and oxygen atoms in total. The second-order valence-electron chi connectivity index (χ2n) is 4.67. The van der Waals surface area contributed by atoms with Crippen molar-refractivity contribution >= 4 is 5.91 Å². The van der Waals surface area contributed by atoms with Crippen molar-refractivity contribution < 1.29 is 9.53 Å². The third-order valence-corrected chi connectivity index (χ3v) is 2.45. The largest absolute Gasteiger partial charge is 0.375 e. The Hall–Kier alpha value is -1.12. The van der Waals surface area contributed by atoms with Crippen LogP contribution in [0.3, 0.4) is 0 Å². The summed E-state index contributed by atoms with van der Waals surface area (Å²) < 4.78 is 5.42. The van der Waals surface area contributed by atoms with E-state index in [2.05, 4.69) is 16.7 Å². The minimum atomic E-state index is -0.513. The van der Waals surface area contributed by atoms with Gasteiger partial charge < -0.3 is 15.4 Å². The topological polar surface area (TPSA) is 74.2 Å². The van der Waals surface area contributed by atoms with Gasteiger partial charge in [-0.1, -0.05) is 0 Å². The minimum Gasteiger partial charge on any atom is -0.375 e. The van der Waals surface area contributed by atoms with Crippen molar-refractivity contribution in [3.8, 4) is 6.07 Å². The fourth-order valence-corrected chi connectivity index (χ4v) is 1.39. The molecular weight excluding hydrogens is 206 g/mol. The van der Waals surface area contributed by atoms with E-state index in [9.17, 15) is 4.79 Å². The molecule has 16 heavy (non-hydrogen) atoms. The van der Waals surface area contributed by atoms with E-state index in [1.807, 2.05) is 0 Å². The average Bonchev–Trinajstić information content (AvgIpc) is 2.28. The molecule has 2 N–H and O–H groups in total. The SMILES string of the molecule is CC(C)(C#N)CNC(=O)CC1CNCCO1. The van der Waals surface area contributed by atoms with E-state index in [0.717, 1.165) is 13.1 Å². The normalized spacial score (nSPS) is 21.2. The maximum absolute atomic E-state index is 11.5. The molecule has 1 fully saturated rings. The average molecular weight is 225 g/mol. The van der Waals surface area contributed by atoms with Crippen LogP contribution in [-0.2, 0) is 9.53 Å². The lowest BCUT2D eigenvalue weighted by atomic mass is 9.96. The van der Waals surface area contributed by atoms with Crippen molar-refractivity contribution in [2.75, 3.05) is 26.2 Å². The Labute approximate surface area is 96.2 Å². The zero-order chi connectivity index (χ0) is 12.0. The van der Waals surface area contributed by atoms with Gasteiger partial charge in [0.05, 0.1) is 30.6 Å². The van der Waals surface area contributed by atoms with Gasteiger partial charge in [-0.2, -0.15) is 5.26 Å². The number of carbonyl (C=O) groups excluding carboxylic acids is 1. The summed E-state index contributed by atoms with van der Waals surface area (Å²) in [6.45, 7) is 6.19. The number of rotatable bonds is 4. The number of nitrogens with zero attached hydrogens (tertiary/aromatic N) is 1. The molecule has 0 aromatic rings. The van der Waals surface area contributed by atoms with Gasteiger partial charge in [0, 0.05) is 19.6 Å². The molecule has 0 spiro atoms. The number of amides is 1. The summed E-state index contributed by atoms with van der Waals surface area (Å²) in [5.41, 5.74) is -0.513. The van der Waals surface area contributed by atoms with Crippen LogP contribution in [0.1, 0.15) is 20.3 Å². The summed E-state index contributed by atoms with van der Waals surface area (Å²) in [6.07, 6.45) is 0.313. The predicted molar refractivity (Wildman–Crippen MR) is 59.6 cm³/mol. The molecule has 0 bridgehead atoms. The van der Waals surface area contributed by atoms with Crippen LogP contribution < -0.4 is 10.6 Å². The summed E-state index contributed by atoms with van der Waals surface area (Å²) >= 11 is 0. The van der Waals surface area contributed by atoms with Gasteiger partial charge in [-0.05, 0) is 13.8 Å². The van der Waals surface area contributed by atoms with Crippen molar-refractivity contribution in [2.24, 2.45) is 5.41 Å². The van der Waals surface area contributed by atoms with E-state index in [1.165, 1.54) is 0 Å². The van der Waals surface area contributed by atoms with Crippen LogP contribution in [0.25, 0.3) is 0 Å². The molecule has 1 unspecified atom stereocenters. The summed E-state index contributed by atoms with van der Waals surface area (Å²) in [7, 11) is 0. The highest BCUT2D eigenvalue weighted by atomic mass is 16.5. The number of hydrogen-bond acceptors (Lipinski definition) is 4. The second kappa shape index (κ2) is 5.83. The Morgan fingerprint density at radius 1 is 1.69 bits per heavy atom. The lowest BCUT2D eigenvalue weighted by Gasteiger charge is -2.23. The Morgan fingerprint density at radius 3 is 3.00 bits per heavy atom. The monoisotopic (exact) mass is 225 g/mol. The summed E-state index contributed by atoms with van der Waals surface area (Å²) in [5.74, 6) is -0.0583. The molecule has 1 amide bonds. The molecule has 1 aliphatic rings. The zero-order valence-corrected chi connectivity index (χ0v) is 9.88. The highest BCUT2D eigenvalue weighted by molar-refractivity contribution is 5.76. The summed E-state index contributed by atoms with van der Waals surface area (Å²) in [4.78, 5) is 11.5. The molecule has 90 valence electrons. The Bertz CT molecular complexity index is 277. The first-order valence-corrected chi connectivity index (χ1v) is 5.54. The molecule has 0 aromatic carbocycles. The Morgan fingerprint density at radius 2 is 2.44 bits per heavy atom. The van der Waals surface area contributed by atoms with E-state index in [4.69, 9.17) is 10.00 Å². The standard InChI is InChI=1S/C11H19N3O2/c1-11(2,7-12)8-14-10(15)5-9-6-13-3-4-16-9/h9,13H,3-6,8H2,1-2H3,(H,14,15). The van der Waals surface area contributed by atoms with E-state index in [-0.39, 0.29) is 12.0 Å². The highest BCUT2D eigenvalue weighted by Gasteiger charge is 2.20. The van der Waals surface area contributed by atoms with Crippen LogP contribution >= 0.6 is 0 Å². The maximum atomic E-state index is 11.5. The number of morpholine rings is 1. The number of nitrogens with one attached hydrogen (secondary N) is 2. The predicted octanol–water partition coefficient (Wildman–Crippen LogP) is 0.0309. The fourth-order valence-electron chi connectivity index (χ4n) is 1.39. The zero-order valence-electron chi connectivity index (χ0n) is 9.88. The quantitative estimate of drug-likeness (QED) is 0.708. The van der Waals surface area contributed by atoms with Crippen molar-refractivity contribution in [1.82, 2.24) is 10.6 Å². The molecular formula is C11H19N3O2. The van der Waals surface area contributed by atoms with Gasteiger partial charge in [0.25, 0.3) is 0 Å². The third kappa shape index (κ3) is 4.60. The first-order valence-electron chi connectivity index (χ1n) is 5.54. The van der Waals surface area contributed by atoms with Crippen molar-refractivity contribution in [2.45, 2.75) is 26.4 Å². The van der Waals surface area contributed by atoms with Gasteiger partial charge in [0.1, 0.15) is 0 Å². The van der Waals surface area contributed by atoms with Gasteiger partial charge in [-0.15, -0.1) is 0 Å². The molecule has 0 radical (unpaired) electrons. The van der Waals surface area contributed by atoms with Crippen LogP contribution in [0, 0.1) is 16.7 Å². The molecule has 5 heteroatoms. The Kier molecular flexibility index (Phi) is 4.71. The van der Waals surface area contributed by atoms with E-state index < -0.39 is 5.41 Å². The van der Waals surface area contributed by atoms with Gasteiger partial charge in [-0.3, -0.25) is 4.79 Å². The molecule has 1 atom stereocenters. The van der Waals surface area contributed by atoms with Gasteiger partial charge in [-0.25, -0.2) is 0 Å². The maximum Gasteiger partial charge on any atom is 0.222 e. The summed E-state index contributed by atoms with van der Waals surface area (Å²) in [5, 5.41) is 14.7. The minimum absolute atomic E-state index is 0.0426. The Balaban J connectivity index is 2.23. The number of nitriles is 1. The highest BCUT2D eigenvalue weighted by Crippen LogP contribution is 2.10. The van der Waals surface area contributed by atoms with Crippen LogP contribution in [0.2, 0.25) is 0 Å². The fraction of sp³-hybridized carbons (Fsp3) is 0.818. The lowest BCUT2D eigenvalue weighted by Crippen LogP contribution is -2.42. The molecule has 1 aliphatic heterocycles. The number of carbonyl (C=O) groups is 1. The van der Waals surface area contributed by atoms with E-state index in [1.54, 1.807) is 13.8 Å². The van der Waals surface area contributed by atoms with Crippen molar-refractivity contribution in [1.29, 1.82) is 5.26 Å². The first kappa shape index (κ1) is 12.9. The smallest absolute Gasteiger partial charge is 0.222 e. The van der Waals surface area contributed by atoms with Crippen molar-refractivity contribution in [3.63, 3.8) is 0 Å². The van der Waals surface area contributed by atoms with Crippen LogP contribution in [-0.4, -0.2) is 38.3 Å². The molecule has 0 aromatic heterocycles. The number of hydrogen-bond donors (Lipinski definition) is 2. The van der Waals surface area contributed by atoms with E-state index in [0.29, 0.717) is 19.6 Å². The first-order chi connectivity index (χ1) is 7.53. The molecule has 0 aliphatic carbocycles.